The predicted molar refractivity (Wildman–Crippen MR) is 127 cm³/mol. The van der Waals surface area contributed by atoms with E-state index >= 15 is 0 Å². The number of ether oxygens (including phenoxy) is 1. The van der Waals surface area contributed by atoms with E-state index in [2.05, 4.69) is 17.0 Å². The van der Waals surface area contributed by atoms with E-state index in [0.29, 0.717) is 35.3 Å². The number of hydrogen-bond acceptors (Lipinski definition) is 6. The van der Waals surface area contributed by atoms with Gasteiger partial charge < -0.3 is 14.7 Å². The van der Waals surface area contributed by atoms with Gasteiger partial charge >= 0.3 is 0 Å². The van der Waals surface area contributed by atoms with Crippen LogP contribution in [0.5, 0.6) is 5.75 Å². The number of benzene rings is 2. The number of fused-ring (bicyclic) bond motifs is 2. The number of β-amino-alcohol motifs (C(OH)–C–C–N with tert-alkyl or cyclic N) is 1. The number of rotatable bonds is 7. The molecule has 3 unspecified atom stereocenters. The topological polar surface area (TPSA) is 101 Å². The zero-order valence-electron chi connectivity index (χ0n) is 19.0. The molecular weight excluding hydrogens is 428 g/mol. The predicted octanol–water partition coefficient (Wildman–Crippen LogP) is 2.66. The van der Waals surface area contributed by atoms with Crippen LogP contribution in [0.15, 0.2) is 54.6 Å². The average Bonchev–Trinajstić information content (AvgIpc) is 2.86. The fraction of sp³-hybridized carbons (Fsp3) is 0.370. The molecule has 0 radical (unpaired) electrons. The molecule has 7 nitrogen and oxygen atoms in total. The Morgan fingerprint density at radius 2 is 1.59 bits per heavy atom. The van der Waals surface area contributed by atoms with Crippen LogP contribution in [0.3, 0.4) is 0 Å². The van der Waals surface area contributed by atoms with Gasteiger partial charge in [-0.3, -0.25) is 9.69 Å². The lowest BCUT2D eigenvalue weighted by molar-refractivity contribution is -0.130. The van der Waals surface area contributed by atoms with Gasteiger partial charge in [-0.1, -0.05) is 12.1 Å². The van der Waals surface area contributed by atoms with Gasteiger partial charge in [0.2, 0.25) is 5.91 Å². The molecule has 0 spiro atoms. The molecule has 2 fully saturated rings. The van der Waals surface area contributed by atoms with Crippen molar-refractivity contribution < 1.29 is 14.6 Å². The molecule has 0 aromatic heterocycles. The highest BCUT2D eigenvalue weighted by Gasteiger charge is 2.35. The lowest BCUT2D eigenvalue weighted by Gasteiger charge is -2.46. The van der Waals surface area contributed by atoms with Gasteiger partial charge in [0.1, 0.15) is 18.5 Å². The zero-order valence-corrected chi connectivity index (χ0v) is 19.0. The van der Waals surface area contributed by atoms with Crippen molar-refractivity contribution in [1.82, 2.24) is 9.80 Å². The molecule has 0 saturated carbocycles. The van der Waals surface area contributed by atoms with Crippen molar-refractivity contribution in [3.63, 3.8) is 0 Å². The first-order valence-corrected chi connectivity index (χ1v) is 11.5. The molecule has 2 bridgehead atoms. The third-order valence-corrected chi connectivity index (χ3v) is 6.32. The van der Waals surface area contributed by atoms with Crippen molar-refractivity contribution in [2.45, 2.75) is 12.5 Å². The summed E-state index contributed by atoms with van der Waals surface area (Å²) in [5, 5.41) is 28.2. The Bertz CT molecular complexity index is 1080. The van der Waals surface area contributed by atoms with Gasteiger partial charge in [0.15, 0.2) is 0 Å². The van der Waals surface area contributed by atoms with E-state index in [1.165, 1.54) is 0 Å². The zero-order chi connectivity index (χ0) is 23.9. The SMILES string of the molecule is N#Cc1ccc(/C=C/C(=O)N2CC3CC(CN(CC(O)COc4ccc(C#N)cc4)C3)C2)cc1. The molecule has 2 aliphatic rings. The van der Waals surface area contributed by atoms with Crippen molar-refractivity contribution in [2.75, 3.05) is 39.3 Å². The molecule has 0 aliphatic carbocycles. The van der Waals surface area contributed by atoms with E-state index in [-0.39, 0.29) is 12.5 Å². The number of hydrogen-bond donors (Lipinski definition) is 1. The first-order chi connectivity index (χ1) is 16.5. The molecule has 1 N–H and O–H groups in total. The van der Waals surface area contributed by atoms with Crippen molar-refractivity contribution >= 4 is 12.0 Å². The summed E-state index contributed by atoms with van der Waals surface area (Å²) in [6.07, 6.45) is 3.91. The molecule has 2 heterocycles. The van der Waals surface area contributed by atoms with Gasteiger partial charge in [-0.15, -0.1) is 0 Å². The van der Waals surface area contributed by atoms with Crippen molar-refractivity contribution in [3.05, 3.63) is 71.3 Å². The Hall–Kier alpha value is -3.65. The summed E-state index contributed by atoms with van der Waals surface area (Å²) >= 11 is 0. The summed E-state index contributed by atoms with van der Waals surface area (Å²) in [5.74, 6) is 1.44. The fourth-order valence-corrected chi connectivity index (χ4v) is 4.83. The van der Waals surface area contributed by atoms with E-state index in [9.17, 15) is 9.90 Å². The van der Waals surface area contributed by atoms with Crippen LogP contribution in [-0.2, 0) is 4.79 Å². The van der Waals surface area contributed by atoms with Crippen molar-refractivity contribution in [2.24, 2.45) is 11.8 Å². The second kappa shape index (κ2) is 11.0. The molecule has 174 valence electrons. The number of nitriles is 2. The standard InChI is InChI=1S/C27H28N4O3/c28-12-21-3-1-20(2-4-21)7-10-27(33)31-16-23-11-24(17-31)15-30(14-23)18-25(32)19-34-26-8-5-22(13-29)6-9-26/h1-10,23-25,32H,11,14-19H2/b10-7+. The fourth-order valence-electron chi connectivity index (χ4n) is 4.83. The summed E-state index contributed by atoms with van der Waals surface area (Å²) in [5.41, 5.74) is 2.07. The monoisotopic (exact) mass is 456 g/mol. The molecule has 2 aromatic rings. The largest absolute Gasteiger partial charge is 0.491 e. The molecule has 2 aromatic carbocycles. The lowest BCUT2D eigenvalue weighted by atomic mass is 9.84. The number of carbonyl (C=O) groups is 1. The Labute approximate surface area is 200 Å². The number of nitrogens with zero attached hydrogens (tertiary/aromatic N) is 4. The first kappa shape index (κ1) is 23.5. The van der Waals surface area contributed by atoms with Crippen LogP contribution >= 0.6 is 0 Å². The number of aliphatic hydroxyl groups excluding tert-OH is 1. The molecule has 34 heavy (non-hydrogen) atoms. The minimum absolute atomic E-state index is 0.0170. The first-order valence-electron chi connectivity index (χ1n) is 11.5. The molecule has 1 amide bonds. The van der Waals surface area contributed by atoms with E-state index in [4.69, 9.17) is 15.3 Å². The summed E-state index contributed by atoms with van der Waals surface area (Å²) in [6.45, 7) is 3.89. The van der Waals surface area contributed by atoms with Gasteiger partial charge in [-0.05, 0) is 66.3 Å². The maximum atomic E-state index is 12.7. The lowest BCUT2D eigenvalue weighted by Crippen LogP contribution is -2.55. The highest BCUT2D eigenvalue weighted by molar-refractivity contribution is 5.91. The summed E-state index contributed by atoms with van der Waals surface area (Å²) in [6, 6.07) is 18.2. The molecule has 2 saturated heterocycles. The van der Waals surface area contributed by atoms with E-state index < -0.39 is 6.10 Å². The van der Waals surface area contributed by atoms with Gasteiger partial charge in [-0.2, -0.15) is 10.5 Å². The van der Waals surface area contributed by atoms with Gasteiger partial charge in [0, 0.05) is 38.8 Å². The van der Waals surface area contributed by atoms with Crippen LogP contribution in [0.1, 0.15) is 23.1 Å². The Balaban J connectivity index is 1.23. The summed E-state index contributed by atoms with van der Waals surface area (Å²) < 4.78 is 5.67. The Morgan fingerprint density at radius 1 is 1.00 bits per heavy atom. The third-order valence-electron chi connectivity index (χ3n) is 6.32. The minimum atomic E-state index is -0.609. The second-order valence-electron chi connectivity index (χ2n) is 9.10. The number of carbonyl (C=O) groups excluding carboxylic acids is 1. The number of likely N-dealkylation sites (tertiary alicyclic amines) is 2. The second-order valence-corrected chi connectivity index (χ2v) is 9.10. The highest BCUT2D eigenvalue weighted by Crippen LogP contribution is 2.29. The summed E-state index contributed by atoms with van der Waals surface area (Å²) in [7, 11) is 0. The van der Waals surface area contributed by atoms with Crippen LogP contribution in [0, 0.1) is 34.5 Å². The van der Waals surface area contributed by atoms with E-state index in [1.807, 2.05) is 17.0 Å². The Morgan fingerprint density at radius 3 is 2.18 bits per heavy atom. The minimum Gasteiger partial charge on any atom is -0.491 e. The maximum Gasteiger partial charge on any atom is 0.246 e. The molecule has 2 aliphatic heterocycles. The number of piperidine rings is 2. The van der Waals surface area contributed by atoms with Crippen LogP contribution in [0.2, 0.25) is 0 Å². The Kier molecular flexibility index (Phi) is 7.59. The highest BCUT2D eigenvalue weighted by atomic mass is 16.5. The van der Waals surface area contributed by atoms with Crippen LogP contribution in [-0.4, -0.2) is 66.2 Å². The van der Waals surface area contributed by atoms with E-state index in [1.54, 1.807) is 48.6 Å². The van der Waals surface area contributed by atoms with Crippen LogP contribution in [0.25, 0.3) is 6.08 Å². The van der Waals surface area contributed by atoms with Crippen molar-refractivity contribution in [3.8, 4) is 17.9 Å². The van der Waals surface area contributed by atoms with Gasteiger partial charge in [0.05, 0.1) is 23.3 Å². The van der Waals surface area contributed by atoms with Gasteiger partial charge in [0.25, 0.3) is 0 Å². The van der Waals surface area contributed by atoms with Crippen molar-refractivity contribution in [1.29, 1.82) is 10.5 Å². The molecular formula is C27H28N4O3. The molecule has 7 heteroatoms. The smallest absolute Gasteiger partial charge is 0.246 e. The molecule has 4 rings (SSSR count). The third kappa shape index (κ3) is 6.23. The molecule has 3 atom stereocenters. The maximum absolute atomic E-state index is 12.7. The van der Waals surface area contributed by atoms with Crippen LogP contribution < -0.4 is 4.74 Å². The quantitative estimate of drug-likeness (QED) is 0.643. The van der Waals surface area contributed by atoms with Gasteiger partial charge in [-0.25, -0.2) is 0 Å². The average molecular weight is 457 g/mol. The summed E-state index contributed by atoms with van der Waals surface area (Å²) in [4.78, 5) is 17.0. The number of aliphatic hydroxyl groups is 1. The number of amides is 1. The van der Waals surface area contributed by atoms with Crippen LogP contribution in [0.4, 0.5) is 0 Å². The van der Waals surface area contributed by atoms with E-state index in [0.717, 1.165) is 38.2 Å². The normalized spacial score (nSPS) is 21.0.